The van der Waals surface area contributed by atoms with E-state index in [1.54, 1.807) is 0 Å². The maximum atomic E-state index is 10.5. The summed E-state index contributed by atoms with van der Waals surface area (Å²) in [5, 5.41) is 7.96. The minimum absolute atomic E-state index is 0.314. The van der Waals surface area contributed by atoms with Crippen LogP contribution in [0.1, 0.15) is 39.5 Å². The van der Waals surface area contributed by atoms with Gasteiger partial charge in [0.1, 0.15) is 0 Å². The molecule has 0 saturated carbocycles. The van der Waals surface area contributed by atoms with E-state index in [1.807, 2.05) is 6.92 Å². The molecular weight excluding hydrogens is 144 g/mol. The second-order valence-corrected chi connectivity index (χ2v) is 2.91. The minimum Gasteiger partial charge on any atom is -0.301 e. The van der Waals surface area contributed by atoms with Gasteiger partial charge in [-0.2, -0.15) is 5.26 Å². The number of rotatable bonds is 5. The van der Waals surface area contributed by atoms with Crippen molar-refractivity contribution in [2.24, 2.45) is 5.92 Å². The first-order valence-electron chi connectivity index (χ1n) is 4.05. The van der Waals surface area contributed by atoms with Crippen molar-refractivity contribution in [3.8, 4) is 0 Å². The summed E-state index contributed by atoms with van der Waals surface area (Å²) in [7, 11) is 0. The van der Waals surface area contributed by atoms with Gasteiger partial charge in [0.25, 0.3) is 0 Å². The molecule has 0 radical (unpaired) electrons. The summed E-state index contributed by atoms with van der Waals surface area (Å²) in [4.78, 5) is 14.1. The Bertz CT molecular complexity index is 112. The second kappa shape index (κ2) is 6.16. The molecule has 1 unspecified atom stereocenters. The lowest BCUT2D eigenvalue weighted by Crippen LogP contribution is -2.07. The van der Waals surface area contributed by atoms with Crippen molar-refractivity contribution in [1.82, 2.24) is 0 Å². The Balaban J connectivity index is 3.35. The van der Waals surface area contributed by atoms with E-state index in [1.165, 1.54) is 0 Å². The van der Waals surface area contributed by atoms with Gasteiger partial charge >= 0.3 is 5.97 Å². The molecule has 3 nitrogen and oxygen atoms in total. The van der Waals surface area contributed by atoms with Crippen molar-refractivity contribution in [3.05, 3.63) is 0 Å². The van der Waals surface area contributed by atoms with Crippen LogP contribution in [0, 0.1) is 5.92 Å². The molecule has 3 heteroatoms. The first-order chi connectivity index (χ1) is 5.20. The van der Waals surface area contributed by atoms with Crippen LogP contribution < -0.4 is 0 Å². The van der Waals surface area contributed by atoms with Gasteiger partial charge in [0.15, 0.2) is 0 Å². The van der Waals surface area contributed by atoms with Crippen molar-refractivity contribution >= 4 is 5.97 Å². The standard InChI is InChI=1S/C8H16O3/c1-3-4-5-7(2)6-8(9)11-10/h7,10H,3-6H2,1-2H3. The van der Waals surface area contributed by atoms with Gasteiger partial charge in [-0.3, -0.25) is 0 Å². The zero-order valence-corrected chi connectivity index (χ0v) is 7.17. The molecule has 0 aliphatic carbocycles. The Morgan fingerprint density at radius 3 is 2.73 bits per heavy atom. The van der Waals surface area contributed by atoms with Gasteiger partial charge in [0.05, 0.1) is 6.42 Å². The van der Waals surface area contributed by atoms with Crippen LogP contribution in [0.25, 0.3) is 0 Å². The van der Waals surface area contributed by atoms with Crippen LogP contribution in [-0.2, 0) is 9.68 Å². The molecule has 0 spiro atoms. The molecule has 0 aromatic heterocycles. The van der Waals surface area contributed by atoms with Gasteiger partial charge < -0.3 is 4.89 Å². The largest absolute Gasteiger partial charge is 0.342 e. The lowest BCUT2D eigenvalue weighted by atomic mass is 10.0. The van der Waals surface area contributed by atoms with E-state index in [9.17, 15) is 4.79 Å². The van der Waals surface area contributed by atoms with Crippen molar-refractivity contribution in [3.63, 3.8) is 0 Å². The average Bonchev–Trinajstić information content (AvgIpc) is 2.00. The molecule has 0 heterocycles. The Kier molecular flexibility index (Phi) is 5.84. The Hall–Kier alpha value is -0.570. The lowest BCUT2D eigenvalue weighted by Gasteiger charge is -2.06. The topological polar surface area (TPSA) is 46.5 Å². The Morgan fingerprint density at radius 1 is 1.64 bits per heavy atom. The fourth-order valence-electron chi connectivity index (χ4n) is 0.976. The van der Waals surface area contributed by atoms with E-state index < -0.39 is 5.97 Å². The van der Waals surface area contributed by atoms with E-state index in [0.29, 0.717) is 12.3 Å². The lowest BCUT2D eigenvalue weighted by molar-refractivity contribution is -0.235. The van der Waals surface area contributed by atoms with E-state index in [2.05, 4.69) is 11.8 Å². The van der Waals surface area contributed by atoms with E-state index in [0.717, 1.165) is 19.3 Å². The fourth-order valence-corrected chi connectivity index (χ4v) is 0.976. The third-order valence-corrected chi connectivity index (χ3v) is 1.67. The van der Waals surface area contributed by atoms with Crippen LogP contribution in [0.4, 0.5) is 0 Å². The van der Waals surface area contributed by atoms with E-state index >= 15 is 0 Å². The van der Waals surface area contributed by atoms with Gasteiger partial charge in [0.2, 0.25) is 0 Å². The number of unbranched alkanes of at least 4 members (excludes halogenated alkanes) is 1. The summed E-state index contributed by atoms with van der Waals surface area (Å²) in [5.41, 5.74) is 0. The maximum absolute atomic E-state index is 10.5. The summed E-state index contributed by atoms with van der Waals surface area (Å²) in [6.45, 7) is 4.09. The van der Waals surface area contributed by atoms with Gasteiger partial charge in [-0.15, -0.1) is 0 Å². The van der Waals surface area contributed by atoms with E-state index in [-0.39, 0.29) is 0 Å². The van der Waals surface area contributed by atoms with Gasteiger partial charge in [-0.1, -0.05) is 33.1 Å². The Morgan fingerprint density at radius 2 is 2.27 bits per heavy atom. The molecular formula is C8H16O3. The van der Waals surface area contributed by atoms with Crippen molar-refractivity contribution in [2.75, 3.05) is 0 Å². The highest BCUT2D eigenvalue weighted by atomic mass is 17.1. The molecule has 11 heavy (non-hydrogen) atoms. The molecule has 1 atom stereocenters. The molecule has 0 aromatic rings. The van der Waals surface area contributed by atoms with Gasteiger partial charge in [-0.05, 0) is 5.92 Å². The number of carbonyl (C=O) groups excluding carboxylic acids is 1. The molecule has 66 valence electrons. The molecule has 0 bridgehead atoms. The summed E-state index contributed by atoms with van der Waals surface area (Å²) < 4.78 is 0. The number of hydrogen-bond donors (Lipinski definition) is 1. The molecule has 0 aliphatic rings. The summed E-state index contributed by atoms with van der Waals surface area (Å²) in [6, 6.07) is 0. The predicted octanol–water partition coefficient (Wildman–Crippen LogP) is 2.22. The van der Waals surface area contributed by atoms with E-state index in [4.69, 9.17) is 5.26 Å². The van der Waals surface area contributed by atoms with Crippen LogP contribution >= 0.6 is 0 Å². The summed E-state index contributed by atoms with van der Waals surface area (Å²) >= 11 is 0. The summed E-state index contributed by atoms with van der Waals surface area (Å²) in [5.74, 6) is -0.219. The first-order valence-corrected chi connectivity index (χ1v) is 4.05. The average molecular weight is 160 g/mol. The zero-order chi connectivity index (χ0) is 8.69. The van der Waals surface area contributed by atoms with Crippen LogP contribution in [0.15, 0.2) is 0 Å². The minimum atomic E-state index is -0.534. The smallest absolute Gasteiger partial charge is 0.301 e. The monoisotopic (exact) mass is 160 g/mol. The predicted molar refractivity (Wildman–Crippen MR) is 42.0 cm³/mol. The quantitative estimate of drug-likeness (QED) is 0.495. The molecule has 0 saturated heterocycles. The second-order valence-electron chi connectivity index (χ2n) is 2.91. The van der Waals surface area contributed by atoms with Crippen LogP contribution in [0.2, 0.25) is 0 Å². The maximum Gasteiger partial charge on any atom is 0.342 e. The third-order valence-electron chi connectivity index (χ3n) is 1.67. The molecule has 0 aromatic carbocycles. The van der Waals surface area contributed by atoms with Gasteiger partial charge in [0, 0.05) is 0 Å². The zero-order valence-electron chi connectivity index (χ0n) is 7.17. The van der Waals surface area contributed by atoms with Crippen molar-refractivity contribution < 1.29 is 14.9 Å². The van der Waals surface area contributed by atoms with Crippen LogP contribution in [-0.4, -0.2) is 11.2 Å². The SMILES string of the molecule is CCCCC(C)CC(=O)OO. The van der Waals surface area contributed by atoms with Gasteiger partial charge in [-0.25, -0.2) is 4.79 Å². The fraction of sp³-hybridized carbons (Fsp3) is 0.875. The molecule has 0 rings (SSSR count). The molecule has 0 fully saturated rings. The number of carbonyl (C=O) groups is 1. The highest BCUT2D eigenvalue weighted by Gasteiger charge is 2.08. The highest BCUT2D eigenvalue weighted by molar-refractivity contribution is 5.68. The third kappa shape index (κ3) is 5.85. The summed E-state index contributed by atoms with van der Waals surface area (Å²) in [6.07, 6.45) is 3.60. The normalized spacial score (nSPS) is 12.6. The van der Waals surface area contributed by atoms with Crippen LogP contribution in [0.3, 0.4) is 0 Å². The van der Waals surface area contributed by atoms with Crippen molar-refractivity contribution in [2.45, 2.75) is 39.5 Å². The van der Waals surface area contributed by atoms with Crippen LogP contribution in [0.5, 0.6) is 0 Å². The molecule has 0 aliphatic heterocycles. The van der Waals surface area contributed by atoms with Crippen molar-refractivity contribution in [1.29, 1.82) is 0 Å². The highest BCUT2D eigenvalue weighted by Crippen LogP contribution is 2.11. The first kappa shape index (κ1) is 10.4. The molecule has 0 amide bonds. The molecule has 1 N–H and O–H groups in total. The number of hydrogen-bond acceptors (Lipinski definition) is 3. The Labute approximate surface area is 67.3 Å².